The molecule has 162 valence electrons. The van der Waals surface area contributed by atoms with Crippen molar-refractivity contribution < 1.29 is 18.7 Å². The molecule has 1 N–H and O–H groups in total. The Bertz CT molecular complexity index is 1030. The van der Waals surface area contributed by atoms with E-state index in [0.29, 0.717) is 18.7 Å². The van der Waals surface area contributed by atoms with E-state index in [9.17, 15) is 14.0 Å². The van der Waals surface area contributed by atoms with Crippen LogP contribution in [-0.4, -0.2) is 35.9 Å². The summed E-state index contributed by atoms with van der Waals surface area (Å²) in [7, 11) is 0. The third-order valence-corrected chi connectivity index (χ3v) is 5.10. The fourth-order valence-corrected chi connectivity index (χ4v) is 3.54. The molecule has 0 bridgehead atoms. The van der Waals surface area contributed by atoms with Crippen LogP contribution in [0.15, 0.2) is 66.7 Å². The molecular formula is C25H27FN2O3. The molecule has 0 aromatic heterocycles. The number of likely N-dealkylation sites (N-methyl/N-ethyl adjacent to an activating group) is 1. The maximum absolute atomic E-state index is 13.3. The molecule has 0 unspecified atom stereocenters. The molecule has 0 spiro atoms. The number of fused-ring (bicyclic) bond motifs is 1. The van der Waals surface area contributed by atoms with Crippen molar-refractivity contribution in [2.24, 2.45) is 0 Å². The topological polar surface area (TPSA) is 58.6 Å². The molecule has 31 heavy (non-hydrogen) atoms. The first-order valence-electron chi connectivity index (χ1n) is 10.5. The summed E-state index contributed by atoms with van der Waals surface area (Å²) < 4.78 is 19.2. The van der Waals surface area contributed by atoms with Crippen molar-refractivity contribution in [1.82, 2.24) is 10.2 Å². The standard InChI is InChI=1S/C25H27FN2O3/c1-3-22(25(30)27-4-2)28(16-18-12-14-20(26)15-13-18)24(29)17-31-23-11-7-9-19-8-5-6-10-21(19)23/h5-15,22H,3-4,16-17H2,1-2H3,(H,27,30)/t22-/m0/s1. The molecule has 0 aliphatic heterocycles. The Hall–Kier alpha value is -3.41. The first-order valence-corrected chi connectivity index (χ1v) is 10.5. The number of carbonyl (C=O) groups is 2. The van der Waals surface area contributed by atoms with E-state index in [-0.39, 0.29) is 30.8 Å². The van der Waals surface area contributed by atoms with Gasteiger partial charge in [-0.3, -0.25) is 9.59 Å². The normalized spacial score (nSPS) is 11.7. The van der Waals surface area contributed by atoms with E-state index in [4.69, 9.17) is 4.74 Å². The van der Waals surface area contributed by atoms with E-state index in [2.05, 4.69) is 5.32 Å². The minimum atomic E-state index is -0.645. The van der Waals surface area contributed by atoms with Gasteiger partial charge in [0.05, 0.1) is 0 Å². The van der Waals surface area contributed by atoms with Gasteiger partial charge in [0.2, 0.25) is 5.91 Å². The minimum Gasteiger partial charge on any atom is -0.483 e. The lowest BCUT2D eigenvalue weighted by atomic mass is 10.1. The van der Waals surface area contributed by atoms with Gasteiger partial charge >= 0.3 is 0 Å². The zero-order valence-electron chi connectivity index (χ0n) is 17.8. The number of rotatable bonds is 9. The molecule has 2 amide bonds. The van der Waals surface area contributed by atoms with Gasteiger partial charge in [0.15, 0.2) is 6.61 Å². The van der Waals surface area contributed by atoms with Gasteiger partial charge in [-0.05, 0) is 42.5 Å². The zero-order valence-corrected chi connectivity index (χ0v) is 17.8. The number of ether oxygens (including phenoxy) is 1. The van der Waals surface area contributed by atoms with Gasteiger partial charge in [-0.15, -0.1) is 0 Å². The van der Waals surface area contributed by atoms with Crippen molar-refractivity contribution in [3.8, 4) is 5.75 Å². The zero-order chi connectivity index (χ0) is 22.2. The Morgan fingerprint density at radius 3 is 2.42 bits per heavy atom. The number of amides is 2. The third kappa shape index (κ3) is 5.60. The van der Waals surface area contributed by atoms with Gasteiger partial charge in [-0.25, -0.2) is 4.39 Å². The van der Waals surface area contributed by atoms with Gasteiger partial charge in [-0.1, -0.05) is 55.5 Å². The van der Waals surface area contributed by atoms with Crippen LogP contribution in [0.2, 0.25) is 0 Å². The largest absolute Gasteiger partial charge is 0.483 e. The summed E-state index contributed by atoms with van der Waals surface area (Å²) in [5, 5.41) is 4.72. The number of nitrogens with one attached hydrogen (secondary N) is 1. The summed E-state index contributed by atoms with van der Waals surface area (Å²) in [5.41, 5.74) is 0.739. The Morgan fingerprint density at radius 1 is 1.00 bits per heavy atom. The molecule has 0 aliphatic rings. The smallest absolute Gasteiger partial charge is 0.261 e. The summed E-state index contributed by atoms with van der Waals surface area (Å²) >= 11 is 0. The maximum Gasteiger partial charge on any atom is 0.261 e. The van der Waals surface area contributed by atoms with Crippen LogP contribution in [0.4, 0.5) is 4.39 Å². The van der Waals surface area contributed by atoms with Crippen molar-refractivity contribution in [2.45, 2.75) is 32.9 Å². The molecular weight excluding hydrogens is 395 g/mol. The Balaban J connectivity index is 1.81. The van der Waals surface area contributed by atoms with Crippen LogP contribution in [-0.2, 0) is 16.1 Å². The van der Waals surface area contributed by atoms with Crippen molar-refractivity contribution in [3.63, 3.8) is 0 Å². The van der Waals surface area contributed by atoms with Crippen LogP contribution >= 0.6 is 0 Å². The quantitative estimate of drug-likeness (QED) is 0.559. The molecule has 6 heteroatoms. The van der Waals surface area contributed by atoms with E-state index >= 15 is 0 Å². The van der Waals surface area contributed by atoms with Crippen molar-refractivity contribution in [3.05, 3.63) is 78.1 Å². The van der Waals surface area contributed by atoms with Crippen LogP contribution in [0.25, 0.3) is 10.8 Å². The fraction of sp³-hybridized carbons (Fsp3) is 0.280. The summed E-state index contributed by atoms with van der Waals surface area (Å²) in [6, 6.07) is 18.7. The second-order valence-electron chi connectivity index (χ2n) is 7.23. The van der Waals surface area contributed by atoms with E-state index in [1.165, 1.54) is 17.0 Å². The highest BCUT2D eigenvalue weighted by molar-refractivity contribution is 5.90. The third-order valence-electron chi connectivity index (χ3n) is 5.10. The number of halogens is 1. The highest BCUT2D eigenvalue weighted by Crippen LogP contribution is 2.25. The second kappa shape index (κ2) is 10.6. The molecule has 0 aliphatic carbocycles. The summed E-state index contributed by atoms with van der Waals surface area (Å²) in [4.78, 5) is 27.3. The first kappa shape index (κ1) is 22.3. The number of nitrogens with zero attached hydrogens (tertiary/aromatic N) is 1. The Labute approximate surface area is 181 Å². The van der Waals surface area contributed by atoms with Gasteiger partial charge in [-0.2, -0.15) is 0 Å². The molecule has 0 radical (unpaired) electrons. The first-order chi connectivity index (χ1) is 15.0. The Kier molecular flexibility index (Phi) is 7.60. The lowest BCUT2D eigenvalue weighted by Crippen LogP contribution is -2.50. The van der Waals surface area contributed by atoms with E-state index in [1.807, 2.05) is 56.3 Å². The van der Waals surface area contributed by atoms with Crippen molar-refractivity contribution >= 4 is 22.6 Å². The number of carbonyl (C=O) groups excluding carboxylic acids is 2. The lowest BCUT2D eigenvalue weighted by Gasteiger charge is -2.30. The number of hydrogen-bond acceptors (Lipinski definition) is 3. The van der Waals surface area contributed by atoms with Crippen LogP contribution in [0, 0.1) is 5.82 Å². The molecule has 0 saturated carbocycles. The van der Waals surface area contributed by atoms with Crippen molar-refractivity contribution in [1.29, 1.82) is 0 Å². The highest BCUT2D eigenvalue weighted by Gasteiger charge is 2.28. The molecule has 0 saturated heterocycles. The average Bonchev–Trinajstić information content (AvgIpc) is 2.78. The molecule has 3 aromatic carbocycles. The van der Waals surface area contributed by atoms with E-state index in [1.54, 1.807) is 12.1 Å². The van der Waals surface area contributed by atoms with E-state index < -0.39 is 6.04 Å². The SMILES string of the molecule is CCNC(=O)[C@H](CC)N(Cc1ccc(F)cc1)C(=O)COc1cccc2ccccc12. The van der Waals surface area contributed by atoms with Crippen LogP contribution in [0.3, 0.4) is 0 Å². The molecule has 3 rings (SSSR count). The molecule has 3 aromatic rings. The summed E-state index contributed by atoms with van der Waals surface area (Å²) in [5.74, 6) is -0.267. The second-order valence-corrected chi connectivity index (χ2v) is 7.23. The van der Waals surface area contributed by atoms with Crippen LogP contribution in [0.1, 0.15) is 25.8 Å². The molecule has 5 nitrogen and oxygen atoms in total. The average molecular weight is 423 g/mol. The summed E-state index contributed by atoms with van der Waals surface area (Å²) in [6.07, 6.45) is 0.451. The lowest BCUT2D eigenvalue weighted by molar-refractivity contribution is -0.142. The highest BCUT2D eigenvalue weighted by atomic mass is 19.1. The fourth-order valence-electron chi connectivity index (χ4n) is 3.54. The number of benzene rings is 3. The predicted molar refractivity (Wildman–Crippen MR) is 119 cm³/mol. The van der Waals surface area contributed by atoms with Crippen LogP contribution in [0.5, 0.6) is 5.75 Å². The van der Waals surface area contributed by atoms with Gasteiger partial charge in [0, 0.05) is 18.5 Å². The maximum atomic E-state index is 13.3. The molecule has 0 heterocycles. The van der Waals surface area contributed by atoms with Gasteiger partial charge in [0.25, 0.3) is 5.91 Å². The summed E-state index contributed by atoms with van der Waals surface area (Å²) in [6.45, 7) is 4.15. The Morgan fingerprint density at radius 2 is 1.71 bits per heavy atom. The molecule has 1 atom stereocenters. The van der Waals surface area contributed by atoms with Crippen molar-refractivity contribution in [2.75, 3.05) is 13.2 Å². The van der Waals surface area contributed by atoms with Crippen LogP contribution < -0.4 is 10.1 Å². The van der Waals surface area contributed by atoms with E-state index in [0.717, 1.165) is 16.3 Å². The van der Waals surface area contributed by atoms with Gasteiger partial charge < -0.3 is 15.0 Å². The predicted octanol–water partition coefficient (Wildman–Crippen LogP) is 4.30. The number of hydrogen-bond donors (Lipinski definition) is 1. The minimum absolute atomic E-state index is 0.188. The monoisotopic (exact) mass is 422 g/mol. The van der Waals surface area contributed by atoms with Gasteiger partial charge in [0.1, 0.15) is 17.6 Å². The molecule has 0 fully saturated rings.